The van der Waals surface area contributed by atoms with Crippen LogP contribution in [0.15, 0.2) is 46.6 Å². The van der Waals surface area contributed by atoms with Crippen LogP contribution in [-0.4, -0.2) is 51.0 Å². The summed E-state index contributed by atoms with van der Waals surface area (Å²) in [6.45, 7) is 0. The average Bonchev–Trinajstić information content (AvgIpc) is 2.93. The Hall–Kier alpha value is -5.07. The van der Waals surface area contributed by atoms with Crippen LogP contribution in [0.2, 0.25) is 0 Å². The van der Waals surface area contributed by atoms with Gasteiger partial charge in [-0.1, -0.05) is 0 Å². The van der Waals surface area contributed by atoms with Gasteiger partial charge in [0.1, 0.15) is 11.4 Å². The first kappa shape index (κ1) is 28.5. The van der Waals surface area contributed by atoms with E-state index in [0.29, 0.717) is 12.8 Å². The maximum Gasteiger partial charge on any atom is 0.301 e. The van der Waals surface area contributed by atoms with Crippen LogP contribution in [0, 0.1) is 40.5 Å². The Morgan fingerprint density at radius 1 is 0.641 bits per heavy atom. The van der Waals surface area contributed by atoms with E-state index < -0.39 is 63.8 Å². The fourth-order valence-electron chi connectivity index (χ4n) is 3.57. The lowest BCUT2D eigenvalue weighted by atomic mass is 10.1. The van der Waals surface area contributed by atoms with Crippen molar-refractivity contribution in [3.63, 3.8) is 0 Å². The molecule has 2 aromatic carbocycles. The zero-order valence-corrected chi connectivity index (χ0v) is 20.7. The molecule has 18 nitrogen and oxygen atoms in total. The predicted molar refractivity (Wildman–Crippen MR) is 139 cm³/mol. The number of anilines is 2. The molecule has 1 aliphatic heterocycles. The molecule has 3 rings (SSSR count). The lowest BCUT2D eigenvalue weighted by Gasteiger charge is -2.08. The number of benzene rings is 2. The summed E-state index contributed by atoms with van der Waals surface area (Å²) < 4.78 is 25.7. The van der Waals surface area contributed by atoms with E-state index in [1.54, 1.807) is 0 Å². The molecule has 0 saturated carbocycles. The minimum atomic E-state index is -3.85. The third-order valence-electron chi connectivity index (χ3n) is 5.40. The topological polar surface area (TPSA) is 255 Å². The first-order valence-corrected chi connectivity index (χ1v) is 12.9. The van der Waals surface area contributed by atoms with Crippen LogP contribution < -0.4 is 10.9 Å². The van der Waals surface area contributed by atoms with Gasteiger partial charge in [0.2, 0.25) is 0 Å². The molecule has 1 aliphatic rings. The van der Waals surface area contributed by atoms with Crippen molar-refractivity contribution < 1.29 is 28.1 Å². The van der Waals surface area contributed by atoms with Crippen molar-refractivity contribution in [1.29, 1.82) is 0 Å². The standard InChI is InChI=1S/C20H20N8O10S/c29-25(30)15-5-7-17(19(9-15)27(33)34)23-21-13-3-1-2-4-14(12-39(37,38)11-13)22-24-18-8-6-16(26(31)32)10-20(18)28(35)36/h5-10,23-24H,1-4,11-12H2/b21-13-,22-14+. The van der Waals surface area contributed by atoms with Gasteiger partial charge in [-0.3, -0.25) is 51.3 Å². The highest BCUT2D eigenvalue weighted by molar-refractivity contribution is 7.92. The Labute approximate surface area is 218 Å². The van der Waals surface area contributed by atoms with Gasteiger partial charge in [-0.2, -0.15) is 10.2 Å². The molecule has 2 N–H and O–H groups in total. The Bertz CT molecular complexity index is 1400. The summed E-state index contributed by atoms with van der Waals surface area (Å²) in [5.74, 6) is -1.03. The van der Waals surface area contributed by atoms with E-state index in [4.69, 9.17) is 0 Å². The van der Waals surface area contributed by atoms with Gasteiger partial charge in [0.05, 0.1) is 54.8 Å². The minimum absolute atomic E-state index is 0.161. The highest BCUT2D eigenvalue weighted by Gasteiger charge is 2.24. The van der Waals surface area contributed by atoms with Crippen LogP contribution in [0.5, 0.6) is 0 Å². The molecule has 2 aromatic rings. The van der Waals surface area contributed by atoms with E-state index in [2.05, 4.69) is 21.1 Å². The van der Waals surface area contributed by atoms with E-state index in [-0.39, 0.29) is 35.6 Å². The Morgan fingerprint density at radius 2 is 1.03 bits per heavy atom. The lowest BCUT2D eigenvalue weighted by molar-refractivity contribution is -0.393. The molecular weight excluding hydrogens is 544 g/mol. The van der Waals surface area contributed by atoms with Crippen LogP contribution in [-0.2, 0) is 9.84 Å². The molecule has 0 unspecified atom stereocenters. The second kappa shape index (κ2) is 12.0. The molecule has 0 aromatic heterocycles. The predicted octanol–water partition coefficient (Wildman–Crippen LogP) is 3.54. The lowest BCUT2D eigenvalue weighted by Crippen LogP contribution is -2.23. The van der Waals surface area contributed by atoms with E-state index in [1.807, 2.05) is 0 Å². The number of sulfone groups is 1. The van der Waals surface area contributed by atoms with Gasteiger partial charge in [-0.05, 0) is 37.8 Å². The van der Waals surface area contributed by atoms with Crippen molar-refractivity contribution in [3.8, 4) is 0 Å². The molecule has 1 fully saturated rings. The highest BCUT2D eigenvalue weighted by Crippen LogP contribution is 2.30. The zero-order chi connectivity index (χ0) is 28.7. The average molecular weight is 564 g/mol. The molecule has 1 saturated heterocycles. The maximum absolute atomic E-state index is 12.8. The van der Waals surface area contributed by atoms with Gasteiger partial charge in [-0.25, -0.2) is 8.42 Å². The summed E-state index contributed by atoms with van der Waals surface area (Å²) in [6.07, 6.45) is 1.38. The highest BCUT2D eigenvalue weighted by atomic mass is 32.2. The van der Waals surface area contributed by atoms with Crippen molar-refractivity contribution >= 4 is 55.4 Å². The summed E-state index contributed by atoms with van der Waals surface area (Å²) >= 11 is 0. The molecule has 0 amide bonds. The van der Waals surface area contributed by atoms with E-state index in [9.17, 15) is 48.9 Å². The molecule has 0 spiro atoms. The summed E-state index contributed by atoms with van der Waals surface area (Å²) in [5, 5.41) is 52.5. The molecule has 0 radical (unpaired) electrons. The zero-order valence-electron chi connectivity index (χ0n) is 19.9. The van der Waals surface area contributed by atoms with Crippen molar-refractivity contribution in [2.24, 2.45) is 10.2 Å². The first-order valence-electron chi connectivity index (χ1n) is 11.1. The van der Waals surface area contributed by atoms with Crippen molar-refractivity contribution in [3.05, 3.63) is 76.9 Å². The summed E-state index contributed by atoms with van der Waals surface area (Å²) in [5.41, 5.74) is 2.66. The third-order valence-corrected chi connectivity index (χ3v) is 6.95. The first-order chi connectivity index (χ1) is 18.4. The van der Waals surface area contributed by atoms with E-state index >= 15 is 0 Å². The summed E-state index contributed by atoms with van der Waals surface area (Å²) in [7, 11) is -3.85. The van der Waals surface area contributed by atoms with Gasteiger partial charge < -0.3 is 0 Å². The second-order valence-corrected chi connectivity index (χ2v) is 10.3. The summed E-state index contributed by atoms with van der Waals surface area (Å²) in [6, 6.07) is 5.79. The Balaban J connectivity index is 1.79. The van der Waals surface area contributed by atoms with Gasteiger partial charge in [0, 0.05) is 12.1 Å². The maximum atomic E-state index is 12.8. The SMILES string of the molecule is O=[N+]([O-])c1ccc(N/N=C2/CCCC/C(=N\Nc3ccc([N+](=O)[O-])cc3[N+](=O)[O-])CS(=O)(=O)C2)c([N+](=O)[O-])c1. The van der Waals surface area contributed by atoms with Crippen LogP contribution in [0.3, 0.4) is 0 Å². The van der Waals surface area contributed by atoms with E-state index in [0.717, 1.165) is 36.4 Å². The molecule has 0 atom stereocenters. The molecule has 0 aliphatic carbocycles. The molecule has 206 valence electrons. The number of nitrogens with one attached hydrogen (secondary N) is 2. The second-order valence-electron chi connectivity index (χ2n) is 8.25. The van der Waals surface area contributed by atoms with Gasteiger partial charge in [-0.15, -0.1) is 0 Å². The third kappa shape index (κ3) is 7.71. The molecule has 1 heterocycles. The fourth-order valence-corrected chi connectivity index (χ4v) is 5.11. The van der Waals surface area contributed by atoms with Crippen LogP contribution in [0.4, 0.5) is 34.1 Å². The number of nitro groups is 4. The van der Waals surface area contributed by atoms with Crippen molar-refractivity contribution in [2.45, 2.75) is 25.7 Å². The number of hydrogen-bond acceptors (Lipinski definition) is 14. The fraction of sp³-hybridized carbons (Fsp3) is 0.300. The Kier molecular flexibility index (Phi) is 8.76. The molecule has 19 heteroatoms. The molecule has 39 heavy (non-hydrogen) atoms. The van der Waals surface area contributed by atoms with Crippen LogP contribution in [0.1, 0.15) is 25.7 Å². The monoisotopic (exact) mass is 564 g/mol. The van der Waals surface area contributed by atoms with Crippen molar-refractivity contribution in [1.82, 2.24) is 0 Å². The quantitative estimate of drug-likeness (QED) is 0.344. The number of non-ortho nitro benzene ring substituents is 2. The normalized spacial score (nSPS) is 17.4. The largest absolute Gasteiger partial charge is 0.301 e. The number of rotatable bonds is 8. The number of hydrazone groups is 2. The van der Waals surface area contributed by atoms with Crippen LogP contribution >= 0.6 is 0 Å². The van der Waals surface area contributed by atoms with E-state index in [1.165, 1.54) is 0 Å². The molecular formula is C20H20N8O10S. The minimum Gasteiger partial charge on any atom is -0.272 e. The summed E-state index contributed by atoms with van der Waals surface area (Å²) in [4.78, 5) is 41.2. The number of hydrogen-bond donors (Lipinski definition) is 2. The van der Waals surface area contributed by atoms with Crippen LogP contribution in [0.25, 0.3) is 0 Å². The van der Waals surface area contributed by atoms with Gasteiger partial charge in [0.15, 0.2) is 9.84 Å². The Morgan fingerprint density at radius 3 is 1.36 bits per heavy atom. The van der Waals surface area contributed by atoms with Gasteiger partial charge in [0.25, 0.3) is 11.4 Å². The van der Waals surface area contributed by atoms with Gasteiger partial charge >= 0.3 is 11.4 Å². The smallest absolute Gasteiger partial charge is 0.272 e. The number of nitrogens with zero attached hydrogens (tertiary/aromatic N) is 6. The molecule has 0 bridgehead atoms. The number of nitro benzene ring substituents is 4. The van der Waals surface area contributed by atoms with Crippen molar-refractivity contribution in [2.75, 3.05) is 22.4 Å².